The summed E-state index contributed by atoms with van der Waals surface area (Å²) in [6.45, 7) is 1.81. The van der Waals surface area contributed by atoms with Gasteiger partial charge in [0.2, 0.25) is 0 Å². The van der Waals surface area contributed by atoms with Crippen LogP contribution in [-0.2, 0) is 14.3 Å². The van der Waals surface area contributed by atoms with Crippen LogP contribution in [0.15, 0.2) is 24.3 Å². The van der Waals surface area contributed by atoms with E-state index in [0.29, 0.717) is 23.5 Å². The third-order valence-electron chi connectivity index (χ3n) is 3.12. The number of nitrogens with one attached hydrogen (secondary N) is 1. The molecule has 1 fully saturated rings. The van der Waals surface area contributed by atoms with E-state index in [0.717, 1.165) is 11.8 Å². The summed E-state index contributed by atoms with van der Waals surface area (Å²) in [4.78, 5) is 36.5. The molecule has 0 bridgehead atoms. The van der Waals surface area contributed by atoms with Crippen molar-refractivity contribution in [2.24, 2.45) is 0 Å². The number of anilines is 1. The number of ether oxygens (including phenoxy) is 1. The van der Waals surface area contributed by atoms with Crippen LogP contribution in [0.25, 0.3) is 0 Å². The first kappa shape index (κ1) is 16.8. The molecule has 0 aromatic heterocycles. The minimum atomic E-state index is -0.983. The number of hydrogen-bond donors (Lipinski definition) is 1. The first-order valence-corrected chi connectivity index (χ1v) is 7.90. The fourth-order valence-electron chi connectivity index (χ4n) is 1.89. The van der Waals surface area contributed by atoms with Crippen LogP contribution in [0.4, 0.5) is 10.5 Å². The van der Waals surface area contributed by atoms with Crippen molar-refractivity contribution in [3.8, 4) is 6.07 Å². The molecule has 120 valence electrons. The van der Waals surface area contributed by atoms with Crippen LogP contribution in [0.2, 0.25) is 0 Å². The van der Waals surface area contributed by atoms with Crippen molar-refractivity contribution >= 4 is 34.6 Å². The second-order valence-corrected chi connectivity index (χ2v) is 5.89. The smallest absolute Gasteiger partial charge is 0.326 e. The van der Waals surface area contributed by atoms with Crippen molar-refractivity contribution in [2.45, 2.75) is 13.0 Å². The summed E-state index contributed by atoms with van der Waals surface area (Å²) in [6, 6.07) is 8.30. The third kappa shape index (κ3) is 4.72. The lowest BCUT2D eigenvalue weighted by Crippen LogP contribution is -2.36. The number of carbonyl (C=O) groups is 3. The van der Waals surface area contributed by atoms with Crippen molar-refractivity contribution in [3.63, 3.8) is 0 Å². The van der Waals surface area contributed by atoms with E-state index in [1.54, 1.807) is 24.3 Å². The molecule has 0 saturated carbocycles. The molecule has 1 atom stereocenters. The minimum absolute atomic E-state index is 0.152. The van der Waals surface area contributed by atoms with Crippen LogP contribution >= 0.6 is 11.8 Å². The molecule has 1 aromatic carbocycles. The number of esters is 1. The van der Waals surface area contributed by atoms with Crippen molar-refractivity contribution in [1.82, 2.24) is 4.90 Å². The van der Waals surface area contributed by atoms with Gasteiger partial charge < -0.3 is 15.0 Å². The van der Waals surface area contributed by atoms with Crippen molar-refractivity contribution in [3.05, 3.63) is 29.8 Å². The predicted octanol–water partition coefficient (Wildman–Crippen LogP) is 1.60. The zero-order valence-electron chi connectivity index (χ0n) is 12.4. The fourth-order valence-corrected chi connectivity index (χ4v) is 2.71. The van der Waals surface area contributed by atoms with E-state index >= 15 is 0 Å². The Morgan fingerprint density at radius 1 is 1.43 bits per heavy atom. The Kier molecular flexibility index (Phi) is 5.60. The highest BCUT2D eigenvalue weighted by atomic mass is 32.2. The zero-order chi connectivity index (χ0) is 16.8. The van der Waals surface area contributed by atoms with Crippen LogP contribution in [0.5, 0.6) is 0 Å². The van der Waals surface area contributed by atoms with E-state index < -0.39 is 18.0 Å². The van der Waals surface area contributed by atoms with Gasteiger partial charge in [0.1, 0.15) is 6.54 Å². The van der Waals surface area contributed by atoms with E-state index in [9.17, 15) is 14.4 Å². The Morgan fingerprint density at radius 2 is 2.13 bits per heavy atom. The molecule has 0 spiro atoms. The molecule has 1 N–H and O–H groups in total. The van der Waals surface area contributed by atoms with Crippen LogP contribution in [-0.4, -0.2) is 47.0 Å². The summed E-state index contributed by atoms with van der Waals surface area (Å²) >= 11 is 1.15. The van der Waals surface area contributed by atoms with Gasteiger partial charge in [-0.25, -0.2) is 0 Å². The van der Waals surface area contributed by atoms with E-state index in [4.69, 9.17) is 10.00 Å². The average Bonchev–Trinajstić information content (AvgIpc) is 2.93. The van der Waals surface area contributed by atoms with Crippen LogP contribution in [0.1, 0.15) is 12.5 Å². The zero-order valence-corrected chi connectivity index (χ0v) is 13.3. The molecule has 8 heteroatoms. The molecule has 0 aliphatic carbocycles. The second-order valence-electron chi connectivity index (χ2n) is 4.85. The number of carbonyl (C=O) groups excluding carboxylic acids is 3. The summed E-state index contributed by atoms with van der Waals surface area (Å²) in [5, 5.41) is 11.1. The lowest BCUT2D eigenvalue weighted by Gasteiger charge is -2.17. The van der Waals surface area contributed by atoms with Crippen molar-refractivity contribution in [2.75, 3.05) is 24.2 Å². The molecule has 23 heavy (non-hydrogen) atoms. The van der Waals surface area contributed by atoms with Gasteiger partial charge in [-0.3, -0.25) is 14.4 Å². The lowest BCUT2D eigenvalue weighted by atomic mass is 10.2. The van der Waals surface area contributed by atoms with Gasteiger partial charge in [-0.15, -0.1) is 0 Å². The Labute approximate surface area is 137 Å². The molecule has 7 nitrogen and oxygen atoms in total. The van der Waals surface area contributed by atoms with Gasteiger partial charge in [0.15, 0.2) is 6.10 Å². The standard InChI is InChI=1S/C15H15N3O4S/c1-10(22-13(19)9-18-6-7-23-15(18)21)14(20)17-12-4-2-11(8-16)3-5-12/h2-5,10H,6-7,9H2,1H3,(H,17,20)/t10-/m1/s1. The number of benzene rings is 1. The van der Waals surface area contributed by atoms with Crippen LogP contribution in [0, 0.1) is 11.3 Å². The highest BCUT2D eigenvalue weighted by Gasteiger charge is 2.26. The second kappa shape index (κ2) is 7.65. The van der Waals surface area contributed by atoms with E-state index in [1.165, 1.54) is 11.8 Å². The average molecular weight is 333 g/mol. The Balaban J connectivity index is 1.83. The highest BCUT2D eigenvalue weighted by Crippen LogP contribution is 2.17. The number of thioether (sulfide) groups is 1. The van der Waals surface area contributed by atoms with Crippen LogP contribution in [0.3, 0.4) is 0 Å². The van der Waals surface area contributed by atoms with Gasteiger partial charge >= 0.3 is 5.97 Å². The largest absolute Gasteiger partial charge is 0.451 e. The van der Waals surface area contributed by atoms with E-state index in [-0.39, 0.29) is 11.8 Å². The third-order valence-corrected chi connectivity index (χ3v) is 4.02. The molecule has 0 radical (unpaired) electrons. The summed E-state index contributed by atoms with van der Waals surface area (Å²) in [5.41, 5.74) is 0.985. The van der Waals surface area contributed by atoms with Gasteiger partial charge in [0.05, 0.1) is 11.6 Å². The molecule has 2 amide bonds. The van der Waals surface area contributed by atoms with Gasteiger partial charge in [-0.2, -0.15) is 5.26 Å². The molecular weight excluding hydrogens is 318 g/mol. The van der Waals surface area contributed by atoms with Gasteiger partial charge in [0.25, 0.3) is 11.1 Å². The number of hydrogen-bond acceptors (Lipinski definition) is 6. The van der Waals surface area contributed by atoms with Gasteiger partial charge in [-0.05, 0) is 31.2 Å². The van der Waals surface area contributed by atoms with Crippen LogP contribution < -0.4 is 5.32 Å². The summed E-state index contributed by atoms with van der Waals surface area (Å²) in [5.74, 6) is -0.450. The summed E-state index contributed by atoms with van der Waals surface area (Å²) in [6.07, 6.45) is -0.983. The maximum absolute atomic E-state index is 12.0. The summed E-state index contributed by atoms with van der Waals surface area (Å²) in [7, 11) is 0. The first-order valence-electron chi connectivity index (χ1n) is 6.92. The molecule has 1 aliphatic heterocycles. The molecular formula is C15H15N3O4S. The molecule has 0 unspecified atom stereocenters. The maximum Gasteiger partial charge on any atom is 0.326 e. The first-order chi connectivity index (χ1) is 11.0. The Bertz CT molecular complexity index is 654. The van der Waals surface area contributed by atoms with Gasteiger partial charge in [0, 0.05) is 18.0 Å². The Hall–Kier alpha value is -2.53. The normalized spacial score (nSPS) is 15.0. The predicted molar refractivity (Wildman–Crippen MR) is 84.8 cm³/mol. The monoisotopic (exact) mass is 333 g/mol. The number of nitriles is 1. The van der Waals surface area contributed by atoms with Crippen molar-refractivity contribution in [1.29, 1.82) is 5.26 Å². The molecule has 1 aromatic rings. The van der Waals surface area contributed by atoms with Crippen molar-refractivity contribution < 1.29 is 19.1 Å². The SMILES string of the molecule is C[C@@H](OC(=O)CN1CCSC1=O)C(=O)Nc1ccc(C#N)cc1. The van der Waals surface area contributed by atoms with E-state index in [1.807, 2.05) is 6.07 Å². The quantitative estimate of drug-likeness (QED) is 0.822. The topological polar surface area (TPSA) is 99.5 Å². The Morgan fingerprint density at radius 3 is 2.70 bits per heavy atom. The lowest BCUT2D eigenvalue weighted by molar-refractivity contribution is -0.153. The number of rotatable bonds is 5. The van der Waals surface area contributed by atoms with E-state index in [2.05, 4.69) is 5.32 Å². The molecule has 1 aliphatic rings. The summed E-state index contributed by atoms with van der Waals surface area (Å²) < 4.78 is 5.03. The highest BCUT2D eigenvalue weighted by molar-refractivity contribution is 8.13. The number of nitrogens with zero attached hydrogens (tertiary/aromatic N) is 2. The molecule has 1 saturated heterocycles. The molecule has 1 heterocycles. The minimum Gasteiger partial charge on any atom is -0.451 e. The fraction of sp³-hybridized carbons (Fsp3) is 0.333. The number of amides is 2. The molecule has 2 rings (SSSR count). The maximum atomic E-state index is 12.0. The van der Waals surface area contributed by atoms with Gasteiger partial charge in [-0.1, -0.05) is 11.8 Å².